The molecule has 0 bridgehead atoms. The fourth-order valence-corrected chi connectivity index (χ4v) is 4.59. The Morgan fingerprint density at radius 1 is 1.35 bits per heavy atom. The molecule has 0 aromatic carbocycles. The second kappa shape index (κ2) is 6.85. The minimum Gasteiger partial charge on any atom is -0.381 e. The Morgan fingerprint density at radius 2 is 2.00 bits per heavy atom. The molecular weight excluding hydrogens is 380 g/mol. The van der Waals surface area contributed by atoms with E-state index in [2.05, 4.69) is 64.9 Å². The number of hydrogen-bond donors (Lipinski definition) is 0. The largest absolute Gasteiger partial charge is 0.381 e. The van der Waals surface area contributed by atoms with Crippen molar-refractivity contribution in [2.75, 3.05) is 13.2 Å². The summed E-state index contributed by atoms with van der Waals surface area (Å²) in [5.41, 5.74) is 1.33. The molecule has 0 fully saturated rings. The third-order valence-electron chi connectivity index (χ3n) is 3.28. The second-order valence-corrected chi connectivity index (χ2v) is 12.9. The van der Waals surface area contributed by atoms with E-state index in [-0.39, 0.29) is 0 Å². The number of ether oxygens (including phenoxy) is 1. The van der Waals surface area contributed by atoms with Crippen molar-refractivity contribution in [2.45, 2.75) is 38.4 Å². The van der Waals surface area contributed by atoms with Crippen LogP contribution in [0.15, 0.2) is 13.6 Å². The summed E-state index contributed by atoms with van der Waals surface area (Å²) in [5.74, 6) is 0. The lowest BCUT2D eigenvalue weighted by Gasteiger charge is -2.27. The highest BCUT2D eigenvalue weighted by atomic mass is 79.9. The lowest BCUT2D eigenvalue weighted by Crippen LogP contribution is -2.26. The van der Waals surface area contributed by atoms with Gasteiger partial charge in [-0.1, -0.05) is 26.9 Å². The van der Waals surface area contributed by atoms with Crippen LogP contribution in [-0.4, -0.2) is 22.0 Å². The van der Waals surface area contributed by atoms with Crippen molar-refractivity contribution < 1.29 is 4.74 Å². The van der Waals surface area contributed by atoms with Gasteiger partial charge in [0.15, 0.2) is 0 Å². The summed E-state index contributed by atoms with van der Waals surface area (Å²) < 4.78 is 8.22. The standard InChI is InChI=1S/C12H20Br2OSSi/c1-12(2,17(3)4)8-15-6-5-9-7-10(13)16-11(9)14/h7,17H,5-6,8H2,1-4H3. The summed E-state index contributed by atoms with van der Waals surface area (Å²) in [7, 11) is -0.642. The van der Waals surface area contributed by atoms with Gasteiger partial charge < -0.3 is 4.74 Å². The monoisotopic (exact) mass is 398 g/mol. The predicted molar refractivity (Wildman–Crippen MR) is 87.2 cm³/mol. The first-order valence-electron chi connectivity index (χ1n) is 5.84. The highest BCUT2D eigenvalue weighted by Gasteiger charge is 2.23. The van der Waals surface area contributed by atoms with Crippen molar-refractivity contribution >= 4 is 52.0 Å². The van der Waals surface area contributed by atoms with Crippen molar-refractivity contribution in [1.29, 1.82) is 0 Å². The zero-order valence-electron chi connectivity index (χ0n) is 10.8. The van der Waals surface area contributed by atoms with Gasteiger partial charge in [-0.25, -0.2) is 0 Å². The summed E-state index contributed by atoms with van der Waals surface area (Å²) >= 11 is 8.79. The van der Waals surface area contributed by atoms with Crippen molar-refractivity contribution in [1.82, 2.24) is 0 Å². The number of thiophene rings is 1. The van der Waals surface area contributed by atoms with E-state index < -0.39 is 8.80 Å². The molecular formula is C12H20Br2OSSi. The molecule has 17 heavy (non-hydrogen) atoms. The maximum absolute atomic E-state index is 5.83. The molecule has 5 heteroatoms. The molecule has 0 amide bonds. The molecule has 0 unspecified atom stereocenters. The van der Waals surface area contributed by atoms with Crippen LogP contribution >= 0.6 is 43.2 Å². The van der Waals surface area contributed by atoms with E-state index in [1.165, 1.54) is 13.1 Å². The van der Waals surface area contributed by atoms with Crippen LogP contribution in [0.1, 0.15) is 19.4 Å². The number of hydrogen-bond acceptors (Lipinski definition) is 2. The van der Waals surface area contributed by atoms with Gasteiger partial charge in [-0.05, 0) is 54.9 Å². The van der Waals surface area contributed by atoms with Crippen LogP contribution in [0.4, 0.5) is 0 Å². The third kappa shape index (κ3) is 5.15. The Morgan fingerprint density at radius 3 is 2.47 bits per heavy atom. The molecule has 1 nitrogen and oxygen atoms in total. The molecule has 0 saturated carbocycles. The van der Waals surface area contributed by atoms with Gasteiger partial charge in [0.25, 0.3) is 0 Å². The Balaban J connectivity index is 2.32. The van der Waals surface area contributed by atoms with Crippen molar-refractivity contribution in [3.63, 3.8) is 0 Å². The van der Waals surface area contributed by atoms with E-state index in [0.29, 0.717) is 5.04 Å². The van der Waals surface area contributed by atoms with Crippen LogP contribution in [0.3, 0.4) is 0 Å². The lowest BCUT2D eigenvalue weighted by molar-refractivity contribution is 0.116. The van der Waals surface area contributed by atoms with Gasteiger partial charge in [-0.2, -0.15) is 0 Å². The highest BCUT2D eigenvalue weighted by Crippen LogP contribution is 2.32. The van der Waals surface area contributed by atoms with Gasteiger partial charge in [-0.15, -0.1) is 11.3 Å². The van der Waals surface area contributed by atoms with E-state index in [4.69, 9.17) is 4.74 Å². The third-order valence-corrected chi connectivity index (χ3v) is 9.04. The number of rotatable bonds is 6. The maximum Gasteiger partial charge on any atom is 0.0743 e. The fourth-order valence-electron chi connectivity index (χ4n) is 1.23. The molecule has 0 aliphatic rings. The Labute approximate surface area is 127 Å². The molecule has 1 aromatic heterocycles. The SMILES string of the molecule is C[SiH](C)C(C)(C)COCCc1cc(Br)sc1Br. The average molecular weight is 400 g/mol. The molecule has 1 aromatic rings. The average Bonchev–Trinajstić information content (AvgIpc) is 2.52. The summed E-state index contributed by atoms with van der Waals surface area (Å²) in [4.78, 5) is 0. The second-order valence-electron chi connectivity index (χ2n) is 5.30. The minimum atomic E-state index is -0.642. The lowest BCUT2D eigenvalue weighted by atomic mass is 10.2. The molecule has 98 valence electrons. The summed E-state index contributed by atoms with van der Waals surface area (Å²) in [6.07, 6.45) is 0.985. The zero-order chi connectivity index (χ0) is 13.1. The Bertz CT molecular complexity index is 363. The van der Waals surface area contributed by atoms with Crippen LogP contribution in [0.2, 0.25) is 18.1 Å². The first kappa shape index (κ1) is 15.9. The van der Waals surface area contributed by atoms with Crippen molar-refractivity contribution in [2.24, 2.45) is 0 Å². The Kier molecular flexibility index (Phi) is 6.40. The quantitative estimate of drug-likeness (QED) is 0.477. The highest BCUT2D eigenvalue weighted by molar-refractivity contribution is 9.12. The van der Waals surface area contributed by atoms with Crippen molar-refractivity contribution in [3.05, 3.63) is 19.2 Å². The molecule has 0 saturated heterocycles. The number of halogens is 2. The predicted octanol–water partition coefficient (Wildman–Crippen LogP) is 5.10. The first-order valence-corrected chi connectivity index (χ1v) is 11.1. The van der Waals surface area contributed by atoms with E-state index in [0.717, 1.165) is 19.6 Å². The molecule has 0 atom stereocenters. The molecule has 1 rings (SSSR count). The smallest absolute Gasteiger partial charge is 0.0743 e. The van der Waals surface area contributed by atoms with Gasteiger partial charge in [0.05, 0.1) is 14.2 Å². The normalized spacial score (nSPS) is 12.4. The molecule has 0 aliphatic carbocycles. The maximum atomic E-state index is 5.83. The van der Waals surface area contributed by atoms with Gasteiger partial charge in [0, 0.05) is 15.4 Å². The van der Waals surface area contributed by atoms with Gasteiger partial charge in [-0.3, -0.25) is 0 Å². The van der Waals surface area contributed by atoms with Crippen LogP contribution in [0, 0.1) is 0 Å². The molecule has 1 heterocycles. The van der Waals surface area contributed by atoms with Crippen LogP contribution in [-0.2, 0) is 11.2 Å². The van der Waals surface area contributed by atoms with E-state index >= 15 is 0 Å². The van der Waals surface area contributed by atoms with Crippen LogP contribution < -0.4 is 0 Å². The zero-order valence-corrected chi connectivity index (χ0v) is 16.0. The Hall–Kier alpha value is 0.837. The fraction of sp³-hybridized carbons (Fsp3) is 0.667. The molecule has 0 spiro atoms. The first-order chi connectivity index (χ1) is 7.83. The minimum absolute atomic E-state index is 0.395. The molecule has 0 N–H and O–H groups in total. The molecule has 0 radical (unpaired) electrons. The van der Waals surface area contributed by atoms with E-state index in [1.54, 1.807) is 11.3 Å². The topological polar surface area (TPSA) is 9.23 Å². The molecule has 0 aliphatic heterocycles. The van der Waals surface area contributed by atoms with Gasteiger partial charge in [0.1, 0.15) is 0 Å². The summed E-state index contributed by atoms with van der Waals surface area (Å²) in [6.45, 7) is 11.1. The summed E-state index contributed by atoms with van der Waals surface area (Å²) in [6, 6.07) is 2.17. The van der Waals surface area contributed by atoms with Crippen molar-refractivity contribution in [3.8, 4) is 0 Å². The van der Waals surface area contributed by atoms with Gasteiger partial charge >= 0.3 is 0 Å². The van der Waals surface area contributed by atoms with Crippen LogP contribution in [0.25, 0.3) is 0 Å². The van der Waals surface area contributed by atoms with Gasteiger partial charge in [0.2, 0.25) is 0 Å². The van der Waals surface area contributed by atoms with E-state index in [1.807, 2.05) is 0 Å². The van der Waals surface area contributed by atoms with Crippen LogP contribution in [0.5, 0.6) is 0 Å². The summed E-state index contributed by atoms with van der Waals surface area (Å²) in [5, 5.41) is 0.395. The van der Waals surface area contributed by atoms with E-state index in [9.17, 15) is 0 Å².